The molecule has 6 heteroatoms. The SMILES string of the molecule is O=C(CC1CC1)Nc1cc(-c2c(-c3ccccc3)nn3c2OCCC3)ccn1. The number of aromatic nitrogens is 3. The molecule has 3 heterocycles. The highest BCUT2D eigenvalue weighted by atomic mass is 16.5. The van der Waals surface area contributed by atoms with E-state index in [1.165, 1.54) is 0 Å². The Kier molecular flexibility index (Phi) is 4.31. The van der Waals surface area contributed by atoms with Crippen LogP contribution in [0, 0.1) is 5.92 Å². The molecular weight excluding hydrogens is 352 g/mol. The minimum Gasteiger partial charge on any atom is -0.477 e. The molecule has 2 aliphatic rings. The Balaban J connectivity index is 1.54. The Bertz CT molecular complexity index is 1010. The van der Waals surface area contributed by atoms with E-state index in [-0.39, 0.29) is 5.91 Å². The van der Waals surface area contributed by atoms with Crippen molar-refractivity contribution in [2.45, 2.75) is 32.2 Å². The largest absolute Gasteiger partial charge is 0.477 e. The number of hydrogen-bond acceptors (Lipinski definition) is 4. The predicted octanol–water partition coefficient (Wildman–Crippen LogP) is 4.13. The molecule has 1 N–H and O–H groups in total. The fourth-order valence-corrected chi connectivity index (χ4v) is 3.62. The van der Waals surface area contributed by atoms with Crippen LogP contribution in [0.3, 0.4) is 0 Å². The molecule has 0 spiro atoms. The van der Waals surface area contributed by atoms with E-state index in [1.807, 2.05) is 35.0 Å². The Morgan fingerprint density at radius 3 is 2.86 bits per heavy atom. The van der Waals surface area contributed by atoms with Crippen molar-refractivity contribution in [1.82, 2.24) is 14.8 Å². The number of rotatable bonds is 5. The summed E-state index contributed by atoms with van der Waals surface area (Å²) in [5, 5.41) is 7.76. The lowest BCUT2D eigenvalue weighted by Gasteiger charge is -2.16. The summed E-state index contributed by atoms with van der Waals surface area (Å²) >= 11 is 0. The zero-order chi connectivity index (χ0) is 18.9. The molecule has 0 bridgehead atoms. The number of carbonyl (C=O) groups excluding carboxylic acids is 1. The van der Waals surface area contributed by atoms with Gasteiger partial charge in [-0.1, -0.05) is 30.3 Å². The number of amides is 1. The second-order valence-electron chi connectivity index (χ2n) is 7.45. The van der Waals surface area contributed by atoms with Gasteiger partial charge in [-0.25, -0.2) is 9.67 Å². The van der Waals surface area contributed by atoms with E-state index in [0.29, 0.717) is 24.8 Å². The zero-order valence-corrected chi connectivity index (χ0v) is 15.6. The van der Waals surface area contributed by atoms with Crippen molar-refractivity contribution in [3.8, 4) is 28.3 Å². The second-order valence-corrected chi connectivity index (χ2v) is 7.45. The highest BCUT2D eigenvalue weighted by Crippen LogP contribution is 2.41. The maximum absolute atomic E-state index is 12.2. The van der Waals surface area contributed by atoms with Crippen LogP contribution in [-0.2, 0) is 11.3 Å². The topological polar surface area (TPSA) is 69.0 Å². The molecule has 0 radical (unpaired) electrons. The average molecular weight is 374 g/mol. The molecule has 1 saturated carbocycles. The first kappa shape index (κ1) is 17.0. The summed E-state index contributed by atoms with van der Waals surface area (Å²) in [7, 11) is 0. The minimum atomic E-state index is 0.0312. The monoisotopic (exact) mass is 374 g/mol. The number of aryl methyl sites for hydroxylation is 1. The van der Waals surface area contributed by atoms with Crippen molar-refractivity contribution in [2.75, 3.05) is 11.9 Å². The number of anilines is 1. The molecule has 142 valence electrons. The van der Waals surface area contributed by atoms with Crippen molar-refractivity contribution in [3.63, 3.8) is 0 Å². The molecule has 2 aromatic heterocycles. The third kappa shape index (κ3) is 3.38. The maximum Gasteiger partial charge on any atom is 0.225 e. The Labute approximate surface area is 163 Å². The highest BCUT2D eigenvalue weighted by Gasteiger charge is 2.26. The molecule has 1 amide bonds. The summed E-state index contributed by atoms with van der Waals surface area (Å²) < 4.78 is 7.92. The van der Waals surface area contributed by atoms with E-state index in [1.54, 1.807) is 6.20 Å². The molecule has 5 rings (SSSR count). The molecule has 28 heavy (non-hydrogen) atoms. The zero-order valence-electron chi connectivity index (χ0n) is 15.6. The van der Waals surface area contributed by atoms with Crippen molar-refractivity contribution in [2.24, 2.45) is 5.92 Å². The molecule has 1 fully saturated rings. The third-order valence-corrected chi connectivity index (χ3v) is 5.19. The normalized spacial score (nSPS) is 15.6. The van der Waals surface area contributed by atoms with E-state index < -0.39 is 0 Å². The lowest BCUT2D eigenvalue weighted by atomic mass is 10.0. The van der Waals surface area contributed by atoms with Gasteiger partial charge < -0.3 is 10.1 Å². The lowest BCUT2D eigenvalue weighted by molar-refractivity contribution is -0.116. The molecule has 3 aromatic rings. The smallest absolute Gasteiger partial charge is 0.225 e. The summed E-state index contributed by atoms with van der Waals surface area (Å²) in [6.07, 6.45) is 5.56. The van der Waals surface area contributed by atoms with Gasteiger partial charge in [0.15, 0.2) is 0 Å². The highest BCUT2D eigenvalue weighted by molar-refractivity contribution is 5.92. The fraction of sp³-hybridized carbons (Fsp3) is 0.318. The van der Waals surface area contributed by atoms with Gasteiger partial charge in [-0.2, -0.15) is 5.10 Å². The Hall–Kier alpha value is -3.15. The van der Waals surface area contributed by atoms with Gasteiger partial charge in [-0.05, 0) is 36.5 Å². The first-order valence-electron chi connectivity index (χ1n) is 9.83. The fourth-order valence-electron chi connectivity index (χ4n) is 3.62. The second kappa shape index (κ2) is 7.11. The van der Waals surface area contributed by atoms with Gasteiger partial charge in [0.1, 0.15) is 11.5 Å². The predicted molar refractivity (Wildman–Crippen MR) is 107 cm³/mol. The number of benzene rings is 1. The van der Waals surface area contributed by atoms with E-state index >= 15 is 0 Å². The molecular formula is C22H22N4O2. The van der Waals surface area contributed by atoms with Crippen LogP contribution in [0.4, 0.5) is 5.82 Å². The number of pyridine rings is 1. The number of fused-ring (bicyclic) bond motifs is 1. The van der Waals surface area contributed by atoms with Crippen LogP contribution >= 0.6 is 0 Å². The van der Waals surface area contributed by atoms with Crippen molar-refractivity contribution in [1.29, 1.82) is 0 Å². The lowest BCUT2D eigenvalue weighted by Crippen LogP contribution is -2.15. The van der Waals surface area contributed by atoms with Gasteiger partial charge >= 0.3 is 0 Å². The molecule has 0 unspecified atom stereocenters. The number of ether oxygens (including phenoxy) is 1. The first-order chi connectivity index (χ1) is 13.8. The summed E-state index contributed by atoms with van der Waals surface area (Å²) in [5.74, 6) is 1.93. The van der Waals surface area contributed by atoms with Crippen molar-refractivity contribution in [3.05, 3.63) is 48.7 Å². The average Bonchev–Trinajstić information content (AvgIpc) is 3.44. The van der Waals surface area contributed by atoms with Crippen LogP contribution in [0.2, 0.25) is 0 Å². The Morgan fingerprint density at radius 1 is 1.18 bits per heavy atom. The summed E-state index contributed by atoms with van der Waals surface area (Å²) in [4.78, 5) is 16.5. The number of nitrogens with zero attached hydrogens (tertiary/aromatic N) is 3. The van der Waals surface area contributed by atoms with Gasteiger partial charge in [0.2, 0.25) is 11.8 Å². The third-order valence-electron chi connectivity index (χ3n) is 5.19. The van der Waals surface area contributed by atoms with Gasteiger partial charge in [0, 0.05) is 31.1 Å². The first-order valence-corrected chi connectivity index (χ1v) is 9.83. The van der Waals surface area contributed by atoms with Gasteiger partial charge in [-0.15, -0.1) is 0 Å². The maximum atomic E-state index is 12.2. The van der Waals surface area contributed by atoms with Crippen LogP contribution in [0.25, 0.3) is 22.4 Å². The van der Waals surface area contributed by atoms with Crippen molar-refractivity contribution >= 4 is 11.7 Å². The van der Waals surface area contributed by atoms with E-state index in [9.17, 15) is 4.79 Å². The molecule has 0 atom stereocenters. The van der Waals surface area contributed by atoms with Crippen LogP contribution in [0.15, 0.2) is 48.7 Å². The number of nitrogens with one attached hydrogen (secondary N) is 1. The van der Waals surface area contributed by atoms with Crippen LogP contribution < -0.4 is 10.1 Å². The van der Waals surface area contributed by atoms with Crippen LogP contribution in [0.1, 0.15) is 25.7 Å². The van der Waals surface area contributed by atoms with E-state index in [4.69, 9.17) is 9.84 Å². The number of carbonyl (C=O) groups is 1. The minimum absolute atomic E-state index is 0.0312. The number of hydrogen-bond donors (Lipinski definition) is 1. The molecule has 0 saturated heterocycles. The van der Waals surface area contributed by atoms with Crippen LogP contribution in [0.5, 0.6) is 5.88 Å². The summed E-state index contributed by atoms with van der Waals surface area (Å²) in [5.41, 5.74) is 3.82. The molecule has 1 aliphatic carbocycles. The summed E-state index contributed by atoms with van der Waals surface area (Å²) in [6, 6.07) is 14.0. The van der Waals surface area contributed by atoms with Gasteiger partial charge in [0.25, 0.3) is 0 Å². The molecule has 6 nitrogen and oxygen atoms in total. The Morgan fingerprint density at radius 2 is 2.04 bits per heavy atom. The van der Waals surface area contributed by atoms with Gasteiger partial charge in [-0.3, -0.25) is 4.79 Å². The molecule has 1 aromatic carbocycles. The molecule has 1 aliphatic heterocycles. The quantitative estimate of drug-likeness (QED) is 0.729. The summed E-state index contributed by atoms with van der Waals surface area (Å²) in [6.45, 7) is 1.52. The van der Waals surface area contributed by atoms with E-state index in [2.05, 4.69) is 22.4 Å². The van der Waals surface area contributed by atoms with E-state index in [0.717, 1.165) is 54.1 Å². The van der Waals surface area contributed by atoms with Crippen molar-refractivity contribution < 1.29 is 9.53 Å². The van der Waals surface area contributed by atoms with Crippen LogP contribution in [-0.4, -0.2) is 27.3 Å². The van der Waals surface area contributed by atoms with Gasteiger partial charge in [0.05, 0.1) is 12.2 Å². The standard InChI is InChI=1S/C22H22N4O2/c27-19(13-15-7-8-15)24-18-14-17(9-10-23-18)20-21(16-5-2-1-3-6-16)25-26-11-4-12-28-22(20)26/h1-3,5-6,9-10,14-15H,4,7-8,11-13H2,(H,23,24,27).